The fourth-order valence-electron chi connectivity index (χ4n) is 4.04. The summed E-state index contributed by atoms with van der Waals surface area (Å²) in [6.07, 6.45) is 0. The molecule has 34 heavy (non-hydrogen) atoms. The molecule has 0 saturated carbocycles. The van der Waals surface area contributed by atoms with Crippen molar-refractivity contribution in [1.82, 2.24) is 9.99 Å². The predicted molar refractivity (Wildman–Crippen MR) is 125 cm³/mol. The number of anilines is 1. The molecular formula is C24H22ClN5O4. The minimum absolute atomic E-state index is 0.179. The molecule has 3 aromatic rings. The zero-order valence-corrected chi connectivity index (χ0v) is 19.6. The third-order valence-corrected chi connectivity index (χ3v) is 6.30. The lowest BCUT2D eigenvalue weighted by atomic mass is 10.1. The van der Waals surface area contributed by atoms with E-state index in [2.05, 4.69) is 15.3 Å². The molecule has 0 unspecified atom stereocenters. The van der Waals surface area contributed by atoms with Crippen LogP contribution in [0.15, 0.2) is 57.2 Å². The number of carbonyl (C=O) groups excluding carboxylic acids is 2. The van der Waals surface area contributed by atoms with Gasteiger partial charge in [0.1, 0.15) is 17.2 Å². The Morgan fingerprint density at radius 2 is 1.85 bits per heavy atom. The van der Waals surface area contributed by atoms with Gasteiger partial charge in [-0.3, -0.25) is 14.6 Å². The van der Waals surface area contributed by atoms with Crippen LogP contribution in [-0.4, -0.2) is 40.5 Å². The third-order valence-electron chi connectivity index (χ3n) is 5.89. The van der Waals surface area contributed by atoms with Gasteiger partial charge >= 0.3 is 0 Å². The maximum atomic E-state index is 13.2. The number of amides is 2. The molecule has 2 aliphatic rings. The van der Waals surface area contributed by atoms with E-state index in [1.807, 2.05) is 38.1 Å². The molecule has 2 atom stereocenters. The van der Waals surface area contributed by atoms with E-state index >= 15 is 0 Å². The van der Waals surface area contributed by atoms with Crippen LogP contribution in [0.25, 0.3) is 11.5 Å². The van der Waals surface area contributed by atoms with Crippen LogP contribution in [0.1, 0.15) is 23.9 Å². The van der Waals surface area contributed by atoms with Crippen molar-refractivity contribution in [2.45, 2.75) is 39.4 Å². The van der Waals surface area contributed by atoms with Crippen LogP contribution in [0.4, 0.5) is 5.69 Å². The molecule has 0 aliphatic carbocycles. The summed E-state index contributed by atoms with van der Waals surface area (Å²) in [7, 11) is 0. The molecular weight excluding hydrogens is 458 g/mol. The first-order valence-corrected chi connectivity index (χ1v) is 11.3. The molecule has 1 fully saturated rings. The number of hydrogen-bond acceptors (Lipinski definition) is 8. The number of ether oxygens (including phenoxy) is 1. The summed E-state index contributed by atoms with van der Waals surface area (Å²) in [5.41, 5.74) is 2.69. The number of hydrogen-bond donors (Lipinski definition) is 0. The number of aromatic nitrogens is 1. The molecule has 174 valence electrons. The van der Waals surface area contributed by atoms with E-state index in [-0.39, 0.29) is 6.54 Å². The summed E-state index contributed by atoms with van der Waals surface area (Å²) in [4.78, 5) is 31.9. The number of halogens is 1. The number of imide groups is 1. The molecule has 3 heterocycles. The van der Waals surface area contributed by atoms with Gasteiger partial charge in [0.25, 0.3) is 11.8 Å². The highest BCUT2D eigenvalue weighted by Crippen LogP contribution is 2.35. The van der Waals surface area contributed by atoms with Crippen LogP contribution in [0, 0.1) is 13.8 Å². The fourth-order valence-corrected chi connectivity index (χ4v) is 4.22. The molecule has 5 rings (SSSR count). The minimum Gasteiger partial charge on any atom is -0.494 e. The Morgan fingerprint density at radius 1 is 1.09 bits per heavy atom. The summed E-state index contributed by atoms with van der Waals surface area (Å²) in [5.74, 6) is 0.998. The fraction of sp³-hybridized carbons (Fsp3) is 0.292. The maximum absolute atomic E-state index is 13.2. The molecule has 0 bridgehead atoms. The monoisotopic (exact) mass is 479 g/mol. The van der Waals surface area contributed by atoms with Gasteiger partial charge < -0.3 is 9.15 Å². The summed E-state index contributed by atoms with van der Waals surface area (Å²) >= 11 is 6.21. The van der Waals surface area contributed by atoms with Crippen molar-refractivity contribution in [3.05, 3.63) is 64.5 Å². The van der Waals surface area contributed by atoms with Gasteiger partial charge in [0.2, 0.25) is 5.89 Å². The van der Waals surface area contributed by atoms with Gasteiger partial charge in [-0.2, -0.15) is 5.11 Å². The number of oxazole rings is 1. The highest BCUT2D eigenvalue weighted by Gasteiger charge is 2.55. The number of benzene rings is 2. The van der Waals surface area contributed by atoms with Crippen LogP contribution in [0.5, 0.6) is 5.75 Å². The maximum Gasteiger partial charge on any atom is 0.263 e. The second-order valence-corrected chi connectivity index (χ2v) is 8.52. The van der Waals surface area contributed by atoms with Crippen molar-refractivity contribution in [3.8, 4) is 17.2 Å². The van der Waals surface area contributed by atoms with Crippen LogP contribution in [0.2, 0.25) is 5.02 Å². The zero-order chi connectivity index (χ0) is 24.0. The number of carbonyl (C=O) groups is 2. The van der Waals surface area contributed by atoms with E-state index in [0.29, 0.717) is 34.7 Å². The molecule has 2 aliphatic heterocycles. The quantitative estimate of drug-likeness (QED) is 0.482. The van der Waals surface area contributed by atoms with E-state index < -0.39 is 23.9 Å². The van der Waals surface area contributed by atoms with Gasteiger partial charge in [0, 0.05) is 10.6 Å². The topological polar surface area (TPSA) is 101 Å². The number of fused-ring (bicyclic) bond motifs is 1. The van der Waals surface area contributed by atoms with E-state index in [1.165, 1.54) is 5.01 Å². The van der Waals surface area contributed by atoms with Crippen LogP contribution < -0.4 is 9.64 Å². The Bertz CT molecular complexity index is 1300. The van der Waals surface area contributed by atoms with E-state index in [0.717, 1.165) is 21.8 Å². The highest BCUT2D eigenvalue weighted by atomic mass is 35.5. The summed E-state index contributed by atoms with van der Waals surface area (Å²) < 4.78 is 11.3. The highest BCUT2D eigenvalue weighted by molar-refractivity contribution is 6.32. The molecule has 0 spiro atoms. The Balaban J connectivity index is 1.36. The molecule has 0 N–H and O–H groups in total. The third kappa shape index (κ3) is 3.71. The van der Waals surface area contributed by atoms with Crippen LogP contribution in [-0.2, 0) is 16.1 Å². The molecule has 2 amide bonds. The zero-order valence-electron chi connectivity index (χ0n) is 18.9. The molecule has 2 aromatic carbocycles. The Labute approximate surface area is 201 Å². The molecule has 9 nitrogen and oxygen atoms in total. The van der Waals surface area contributed by atoms with Gasteiger partial charge in [0.15, 0.2) is 12.1 Å². The van der Waals surface area contributed by atoms with Crippen LogP contribution >= 0.6 is 11.6 Å². The summed E-state index contributed by atoms with van der Waals surface area (Å²) in [6, 6.07) is 10.8. The van der Waals surface area contributed by atoms with Gasteiger partial charge in [0.05, 0.1) is 18.8 Å². The van der Waals surface area contributed by atoms with Crippen molar-refractivity contribution in [1.29, 1.82) is 0 Å². The largest absolute Gasteiger partial charge is 0.494 e. The van der Waals surface area contributed by atoms with Crippen molar-refractivity contribution in [2.75, 3.05) is 11.5 Å². The van der Waals surface area contributed by atoms with E-state index in [9.17, 15) is 9.59 Å². The number of aryl methyl sites for hydroxylation is 2. The predicted octanol–water partition coefficient (Wildman–Crippen LogP) is 4.50. The Morgan fingerprint density at radius 3 is 2.56 bits per heavy atom. The molecule has 10 heteroatoms. The van der Waals surface area contributed by atoms with Crippen molar-refractivity contribution in [2.24, 2.45) is 10.3 Å². The lowest BCUT2D eigenvalue weighted by Gasteiger charge is -2.20. The first-order chi connectivity index (χ1) is 16.4. The average molecular weight is 480 g/mol. The molecule has 1 aromatic heterocycles. The van der Waals surface area contributed by atoms with Crippen molar-refractivity contribution < 1.29 is 18.7 Å². The lowest BCUT2D eigenvalue weighted by Crippen LogP contribution is -2.39. The van der Waals surface area contributed by atoms with E-state index in [1.54, 1.807) is 25.1 Å². The standard InChI is InChI=1S/C24H22ClN5O4/c1-4-33-17-9-6-15(7-10-17)22-26-19(14(3)34-22)12-29-21-20(27-28-29)23(31)30(24(21)32)16-8-5-13(2)18(25)11-16/h5-11,20-21H,4,12H2,1-3H3/t20-,21-/m0/s1. The molecule has 1 saturated heterocycles. The van der Waals surface area contributed by atoms with Gasteiger partial charge in [-0.25, -0.2) is 9.88 Å². The minimum atomic E-state index is -0.898. The van der Waals surface area contributed by atoms with Gasteiger partial charge in [-0.1, -0.05) is 22.9 Å². The summed E-state index contributed by atoms with van der Waals surface area (Å²) in [6.45, 7) is 6.34. The van der Waals surface area contributed by atoms with Crippen LogP contribution in [0.3, 0.4) is 0 Å². The summed E-state index contributed by atoms with van der Waals surface area (Å²) in [5, 5.41) is 10.1. The van der Waals surface area contributed by atoms with Crippen molar-refractivity contribution in [3.63, 3.8) is 0 Å². The van der Waals surface area contributed by atoms with Crippen molar-refractivity contribution >= 4 is 29.1 Å². The Hall–Kier alpha value is -3.72. The molecule has 0 radical (unpaired) electrons. The average Bonchev–Trinajstić information content (AvgIpc) is 3.47. The van der Waals surface area contributed by atoms with E-state index in [4.69, 9.17) is 20.8 Å². The smallest absolute Gasteiger partial charge is 0.263 e. The number of nitrogens with zero attached hydrogens (tertiary/aromatic N) is 5. The first kappa shape index (κ1) is 22.1. The van der Waals surface area contributed by atoms with Gasteiger partial charge in [-0.05, 0) is 62.7 Å². The second-order valence-electron chi connectivity index (χ2n) is 8.12. The normalized spacial score (nSPS) is 19.3. The SMILES string of the molecule is CCOc1ccc(-c2nc(CN3N=N[C@@H]4C(=O)N(c5ccc(C)c(Cl)c5)C(=O)[C@H]43)c(C)o2)cc1. The first-order valence-electron chi connectivity index (χ1n) is 10.9. The second kappa shape index (κ2) is 8.57. The number of rotatable bonds is 6. The Kier molecular flexibility index (Phi) is 5.57. The van der Waals surface area contributed by atoms with Gasteiger partial charge in [-0.15, -0.1) is 0 Å². The lowest BCUT2D eigenvalue weighted by molar-refractivity contribution is -0.123.